The standard InChI is InChI=1S/C26H24Cl2N4OS/c1-18-9-11-20(12-10-18)29-25(33)8-5-15-34-26-31-30-24(16-19-6-3-2-4-7-19)32(26)21-13-14-22(27)23(28)17-21/h2-4,6-7,9-14,17H,5,8,15-16H2,1H3,(H,29,33). The minimum Gasteiger partial charge on any atom is -0.326 e. The fourth-order valence-corrected chi connectivity index (χ4v) is 4.63. The molecule has 174 valence electrons. The molecule has 5 nitrogen and oxygen atoms in total. The smallest absolute Gasteiger partial charge is 0.224 e. The Hall–Kier alpha value is -2.80. The van der Waals surface area contributed by atoms with E-state index in [0.29, 0.717) is 29.3 Å². The molecule has 0 bridgehead atoms. The third-order valence-electron chi connectivity index (χ3n) is 5.18. The lowest BCUT2D eigenvalue weighted by Gasteiger charge is -2.11. The number of amides is 1. The van der Waals surface area contributed by atoms with E-state index in [0.717, 1.165) is 39.2 Å². The number of aryl methyl sites for hydroxylation is 1. The van der Waals surface area contributed by atoms with E-state index in [1.54, 1.807) is 17.8 Å². The van der Waals surface area contributed by atoms with Gasteiger partial charge >= 0.3 is 0 Å². The highest BCUT2D eigenvalue weighted by atomic mass is 35.5. The maximum atomic E-state index is 12.3. The molecule has 0 fully saturated rings. The summed E-state index contributed by atoms with van der Waals surface area (Å²) in [4.78, 5) is 12.3. The van der Waals surface area contributed by atoms with Gasteiger partial charge in [0.15, 0.2) is 5.16 Å². The summed E-state index contributed by atoms with van der Waals surface area (Å²) in [5, 5.41) is 13.6. The van der Waals surface area contributed by atoms with Crippen molar-refractivity contribution in [2.75, 3.05) is 11.1 Å². The molecule has 0 saturated carbocycles. The van der Waals surface area contributed by atoms with Crippen LogP contribution in [0, 0.1) is 6.92 Å². The van der Waals surface area contributed by atoms with Crippen LogP contribution in [0.4, 0.5) is 5.69 Å². The first-order chi connectivity index (χ1) is 16.5. The number of anilines is 1. The van der Waals surface area contributed by atoms with Gasteiger partial charge in [-0.1, -0.05) is 83.0 Å². The SMILES string of the molecule is Cc1ccc(NC(=O)CCCSc2nnc(Cc3ccccc3)n2-c2ccc(Cl)c(Cl)c2)cc1. The molecule has 8 heteroatoms. The highest BCUT2D eigenvalue weighted by Crippen LogP contribution is 2.29. The van der Waals surface area contributed by atoms with E-state index in [9.17, 15) is 4.79 Å². The van der Waals surface area contributed by atoms with Crippen molar-refractivity contribution >= 4 is 46.6 Å². The number of carbonyl (C=O) groups is 1. The molecule has 1 aromatic heterocycles. The topological polar surface area (TPSA) is 59.8 Å². The van der Waals surface area contributed by atoms with Crippen molar-refractivity contribution in [3.63, 3.8) is 0 Å². The Kier molecular flexibility index (Phi) is 8.27. The predicted molar refractivity (Wildman–Crippen MR) is 140 cm³/mol. The van der Waals surface area contributed by atoms with E-state index in [1.807, 2.05) is 66.1 Å². The van der Waals surface area contributed by atoms with Crippen LogP contribution in [-0.2, 0) is 11.2 Å². The van der Waals surface area contributed by atoms with E-state index in [-0.39, 0.29) is 5.91 Å². The van der Waals surface area contributed by atoms with Crippen LogP contribution in [0.1, 0.15) is 29.8 Å². The van der Waals surface area contributed by atoms with Gasteiger partial charge in [-0.3, -0.25) is 9.36 Å². The minimum absolute atomic E-state index is 0.000157. The Bertz CT molecular complexity index is 1260. The molecular formula is C26H24Cl2N4OS. The zero-order valence-corrected chi connectivity index (χ0v) is 21.0. The van der Waals surface area contributed by atoms with Crippen molar-refractivity contribution in [3.8, 4) is 5.69 Å². The molecule has 0 spiro atoms. The van der Waals surface area contributed by atoms with Gasteiger partial charge in [0, 0.05) is 24.3 Å². The number of aromatic nitrogens is 3. The van der Waals surface area contributed by atoms with Crippen molar-refractivity contribution in [2.24, 2.45) is 0 Å². The summed E-state index contributed by atoms with van der Waals surface area (Å²) < 4.78 is 2.01. The molecule has 4 rings (SSSR count). The summed E-state index contributed by atoms with van der Waals surface area (Å²) in [6, 6.07) is 23.4. The molecule has 1 amide bonds. The van der Waals surface area contributed by atoms with Gasteiger partial charge in [0.05, 0.1) is 15.7 Å². The van der Waals surface area contributed by atoms with Crippen LogP contribution in [0.3, 0.4) is 0 Å². The maximum absolute atomic E-state index is 12.3. The molecule has 1 heterocycles. The average Bonchev–Trinajstić information content (AvgIpc) is 3.23. The fraction of sp³-hybridized carbons (Fsp3) is 0.192. The van der Waals surface area contributed by atoms with Crippen molar-refractivity contribution in [2.45, 2.75) is 31.3 Å². The van der Waals surface area contributed by atoms with E-state index >= 15 is 0 Å². The number of benzene rings is 3. The molecule has 3 aromatic carbocycles. The van der Waals surface area contributed by atoms with Gasteiger partial charge in [-0.25, -0.2) is 0 Å². The number of hydrogen-bond donors (Lipinski definition) is 1. The average molecular weight is 511 g/mol. The van der Waals surface area contributed by atoms with Crippen LogP contribution in [0.2, 0.25) is 10.0 Å². The Balaban J connectivity index is 1.43. The lowest BCUT2D eigenvalue weighted by Crippen LogP contribution is -2.11. The molecule has 0 aliphatic carbocycles. The third kappa shape index (κ3) is 6.41. The molecule has 4 aromatic rings. The normalized spacial score (nSPS) is 10.9. The maximum Gasteiger partial charge on any atom is 0.224 e. The summed E-state index contributed by atoms with van der Waals surface area (Å²) in [6.07, 6.45) is 1.77. The fourth-order valence-electron chi connectivity index (χ4n) is 3.43. The first-order valence-electron chi connectivity index (χ1n) is 10.9. The number of rotatable bonds is 9. The van der Waals surface area contributed by atoms with Crippen LogP contribution in [0.5, 0.6) is 0 Å². The number of thioether (sulfide) groups is 1. The molecule has 0 aliphatic rings. The van der Waals surface area contributed by atoms with Crippen LogP contribution in [0.15, 0.2) is 78.0 Å². The quantitative estimate of drug-likeness (QED) is 0.195. The number of nitrogens with one attached hydrogen (secondary N) is 1. The first kappa shape index (κ1) is 24.3. The Morgan fingerprint density at radius 3 is 2.47 bits per heavy atom. The van der Waals surface area contributed by atoms with Crippen LogP contribution in [0.25, 0.3) is 5.69 Å². The molecular weight excluding hydrogens is 487 g/mol. The lowest BCUT2D eigenvalue weighted by molar-refractivity contribution is -0.116. The highest BCUT2D eigenvalue weighted by Gasteiger charge is 2.16. The van der Waals surface area contributed by atoms with E-state index in [4.69, 9.17) is 23.2 Å². The van der Waals surface area contributed by atoms with Crippen molar-refractivity contribution < 1.29 is 4.79 Å². The van der Waals surface area contributed by atoms with E-state index in [1.165, 1.54) is 0 Å². The molecule has 34 heavy (non-hydrogen) atoms. The zero-order chi connectivity index (χ0) is 23.9. The summed E-state index contributed by atoms with van der Waals surface area (Å²) >= 11 is 14.0. The predicted octanol–water partition coefficient (Wildman–Crippen LogP) is 6.98. The van der Waals surface area contributed by atoms with Gasteiger partial charge in [-0.15, -0.1) is 10.2 Å². The van der Waals surface area contributed by atoms with Gasteiger partial charge in [-0.2, -0.15) is 0 Å². The molecule has 0 saturated heterocycles. The van der Waals surface area contributed by atoms with Gasteiger partial charge in [0.1, 0.15) is 5.82 Å². The highest BCUT2D eigenvalue weighted by molar-refractivity contribution is 7.99. The summed E-state index contributed by atoms with van der Waals surface area (Å²) in [6.45, 7) is 2.02. The van der Waals surface area contributed by atoms with Gasteiger partial charge in [-0.05, 0) is 49.2 Å². The summed E-state index contributed by atoms with van der Waals surface area (Å²) in [5.74, 6) is 1.54. The first-order valence-corrected chi connectivity index (χ1v) is 12.7. The van der Waals surface area contributed by atoms with E-state index in [2.05, 4.69) is 27.6 Å². The summed E-state index contributed by atoms with van der Waals surface area (Å²) in [5.41, 5.74) is 3.96. The zero-order valence-electron chi connectivity index (χ0n) is 18.7. The van der Waals surface area contributed by atoms with Crippen LogP contribution < -0.4 is 5.32 Å². The largest absolute Gasteiger partial charge is 0.326 e. The minimum atomic E-state index is 0.000157. The molecule has 0 aliphatic heterocycles. The number of hydrogen-bond acceptors (Lipinski definition) is 4. The summed E-state index contributed by atoms with van der Waals surface area (Å²) in [7, 11) is 0. The second-order valence-electron chi connectivity index (χ2n) is 7.86. The van der Waals surface area contributed by atoms with Crippen molar-refractivity contribution in [1.29, 1.82) is 0 Å². The third-order valence-corrected chi connectivity index (χ3v) is 6.94. The second-order valence-corrected chi connectivity index (χ2v) is 9.74. The van der Waals surface area contributed by atoms with Crippen molar-refractivity contribution in [1.82, 2.24) is 14.8 Å². The number of carbonyl (C=O) groups excluding carboxylic acids is 1. The number of nitrogens with zero attached hydrogens (tertiary/aromatic N) is 3. The molecule has 0 radical (unpaired) electrons. The van der Waals surface area contributed by atoms with Crippen LogP contribution in [-0.4, -0.2) is 26.4 Å². The number of halogens is 2. The Morgan fingerprint density at radius 1 is 0.971 bits per heavy atom. The second kappa shape index (κ2) is 11.6. The molecule has 1 N–H and O–H groups in total. The molecule has 0 atom stereocenters. The monoisotopic (exact) mass is 510 g/mol. The molecule has 0 unspecified atom stereocenters. The Morgan fingerprint density at radius 2 is 1.74 bits per heavy atom. The van der Waals surface area contributed by atoms with Gasteiger partial charge < -0.3 is 5.32 Å². The van der Waals surface area contributed by atoms with Crippen LogP contribution >= 0.6 is 35.0 Å². The lowest BCUT2D eigenvalue weighted by atomic mass is 10.1. The van der Waals surface area contributed by atoms with Gasteiger partial charge in [0.2, 0.25) is 5.91 Å². The Labute approximate surface area is 213 Å². The van der Waals surface area contributed by atoms with E-state index < -0.39 is 0 Å². The van der Waals surface area contributed by atoms with Crippen molar-refractivity contribution in [3.05, 3.63) is 99.8 Å². The van der Waals surface area contributed by atoms with Gasteiger partial charge in [0.25, 0.3) is 0 Å².